The molecule has 0 spiro atoms. The Balaban J connectivity index is 1.85. The Morgan fingerprint density at radius 1 is 1.20 bits per heavy atom. The van der Waals surface area contributed by atoms with Crippen molar-refractivity contribution in [3.8, 4) is 11.5 Å². The lowest BCUT2D eigenvalue weighted by Crippen LogP contribution is -2.22. The number of phenolic OH excluding ortho intramolecular Hbond substituents is 1. The molecule has 5 nitrogen and oxygen atoms in total. The fourth-order valence-electron chi connectivity index (χ4n) is 2.84. The Hall–Kier alpha value is -3.08. The van der Waals surface area contributed by atoms with E-state index >= 15 is 0 Å². The van der Waals surface area contributed by atoms with Crippen LogP contribution >= 0.6 is 0 Å². The van der Waals surface area contributed by atoms with Crippen molar-refractivity contribution >= 4 is 17.8 Å². The van der Waals surface area contributed by atoms with Gasteiger partial charge in [0.25, 0.3) is 0 Å². The fraction of sp³-hybridized carbons (Fsp3) is 0.200. The molecule has 0 heterocycles. The molecule has 1 aliphatic carbocycles. The minimum atomic E-state index is -1.04. The van der Waals surface area contributed by atoms with Crippen LogP contribution in [-0.4, -0.2) is 28.1 Å². The Kier molecular flexibility index (Phi) is 4.57. The number of allylic oxidation sites excluding steroid dienone is 1. The third-order valence-corrected chi connectivity index (χ3v) is 4.15. The Labute approximate surface area is 145 Å². The number of aliphatic carboxylic acids is 1. The van der Waals surface area contributed by atoms with Crippen molar-refractivity contribution in [3.05, 3.63) is 64.7 Å². The van der Waals surface area contributed by atoms with Gasteiger partial charge in [0.15, 0.2) is 11.9 Å². The summed E-state index contributed by atoms with van der Waals surface area (Å²) in [6.07, 6.45) is 2.13. The van der Waals surface area contributed by atoms with E-state index in [2.05, 4.69) is 0 Å². The highest BCUT2D eigenvalue weighted by molar-refractivity contribution is 6.13. The van der Waals surface area contributed by atoms with Crippen molar-refractivity contribution < 1.29 is 24.5 Å². The molecule has 5 heteroatoms. The van der Waals surface area contributed by atoms with E-state index in [0.717, 1.165) is 11.1 Å². The van der Waals surface area contributed by atoms with Gasteiger partial charge < -0.3 is 14.9 Å². The zero-order chi connectivity index (χ0) is 18.0. The summed E-state index contributed by atoms with van der Waals surface area (Å²) in [4.78, 5) is 23.5. The van der Waals surface area contributed by atoms with E-state index < -0.39 is 12.1 Å². The summed E-state index contributed by atoms with van der Waals surface area (Å²) in [5, 5.41) is 18.5. The van der Waals surface area contributed by atoms with Crippen LogP contribution in [0.15, 0.2) is 48.0 Å². The molecule has 1 unspecified atom stereocenters. The summed E-state index contributed by atoms with van der Waals surface area (Å²) in [6.45, 7) is 1.46. The van der Waals surface area contributed by atoms with Gasteiger partial charge in [-0.2, -0.15) is 0 Å². The van der Waals surface area contributed by atoms with Crippen LogP contribution in [0.25, 0.3) is 6.08 Å². The number of carbonyl (C=O) groups excluding carboxylic acids is 1. The molecule has 2 N–H and O–H groups in total. The molecule has 2 aromatic rings. The Bertz CT molecular complexity index is 866. The summed E-state index contributed by atoms with van der Waals surface area (Å²) in [6, 6.07) is 11.8. The first-order valence-corrected chi connectivity index (χ1v) is 8.01. The van der Waals surface area contributed by atoms with Gasteiger partial charge in [-0.15, -0.1) is 0 Å². The number of carbonyl (C=O) groups is 2. The van der Waals surface area contributed by atoms with Crippen molar-refractivity contribution in [2.75, 3.05) is 0 Å². The number of ketones is 1. The molecule has 128 valence electrons. The van der Waals surface area contributed by atoms with E-state index in [-0.39, 0.29) is 11.5 Å². The van der Waals surface area contributed by atoms with Gasteiger partial charge >= 0.3 is 5.97 Å². The predicted octanol–water partition coefficient (Wildman–Crippen LogP) is 3.46. The van der Waals surface area contributed by atoms with Gasteiger partial charge in [0.05, 0.1) is 0 Å². The second-order valence-corrected chi connectivity index (χ2v) is 6.01. The minimum Gasteiger partial charge on any atom is -0.508 e. The highest BCUT2D eigenvalue weighted by Gasteiger charge is 2.22. The number of carboxylic acid groups (broad SMARTS) is 1. The molecule has 0 aromatic heterocycles. The minimum absolute atomic E-state index is 0.0496. The normalized spacial score (nSPS) is 16.4. The molecule has 25 heavy (non-hydrogen) atoms. The number of hydrogen-bond acceptors (Lipinski definition) is 4. The first kappa shape index (κ1) is 16.8. The number of fused-ring (bicyclic) bond motifs is 1. The average molecular weight is 338 g/mol. The summed E-state index contributed by atoms with van der Waals surface area (Å²) in [5.41, 5.74) is 2.93. The van der Waals surface area contributed by atoms with Crippen LogP contribution in [0.4, 0.5) is 0 Å². The molecular formula is C20H18O5. The lowest BCUT2D eigenvalue weighted by Gasteiger charge is -2.18. The van der Waals surface area contributed by atoms with Gasteiger partial charge in [-0.3, -0.25) is 4.79 Å². The van der Waals surface area contributed by atoms with Crippen LogP contribution in [-0.2, 0) is 11.2 Å². The maximum Gasteiger partial charge on any atom is 0.344 e. The molecule has 0 amide bonds. The lowest BCUT2D eigenvalue weighted by molar-refractivity contribution is -0.144. The number of carboxylic acids is 1. The third kappa shape index (κ3) is 3.71. The number of phenols is 1. The number of aromatic hydroxyl groups is 1. The standard InChI is InChI=1S/C20H18O5/c1-12(20(23)24)25-17-4-2-3-13(10-17)9-15-6-5-14-11-16(21)7-8-18(14)19(15)22/h2-4,7-12,21H,5-6H2,1H3,(H,23,24)/b15-9-. The maximum absolute atomic E-state index is 12.6. The lowest BCUT2D eigenvalue weighted by atomic mass is 9.86. The molecule has 3 rings (SSSR count). The highest BCUT2D eigenvalue weighted by atomic mass is 16.5. The summed E-state index contributed by atoms with van der Waals surface area (Å²) >= 11 is 0. The van der Waals surface area contributed by atoms with Crippen molar-refractivity contribution in [1.82, 2.24) is 0 Å². The number of rotatable bonds is 4. The maximum atomic E-state index is 12.6. The number of benzene rings is 2. The molecule has 1 atom stereocenters. The predicted molar refractivity (Wildman–Crippen MR) is 92.9 cm³/mol. The van der Waals surface area contributed by atoms with Crippen LogP contribution in [0.2, 0.25) is 0 Å². The number of aryl methyl sites for hydroxylation is 1. The van der Waals surface area contributed by atoms with Crippen LogP contribution in [0.1, 0.15) is 34.8 Å². The van der Waals surface area contributed by atoms with Crippen LogP contribution in [0.3, 0.4) is 0 Å². The zero-order valence-electron chi connectivity index (χ0n) is 13.7. The van der Waals surface area contributed by atoms with E-state index in [1.54, 1.807) is 36.4 Å². The molecule has 0 fully saturated rings. The summed E-state index contributed by atoms with van der Waals surface area (Å²) < 4.78 is 5.36. The highest BCUT2D eigenvalue weighted by Crippen LogP contribution is 2.29. The fourth-order valence-corrected chi connectivity index (χ4v) is 2.84. The van der Waals surface area contributed by atoms with E-state index in [1.165, 1.54) is 13.0 Å². The molecular weight excluding hydrogens is 320 g/mol. The van der Waals surface area contributed by atoms with Gasteiger partial charge in [-0.05, 0) is 67.3 Å². The average Bonchev–Trinajstić information content (AvgIpc) is 2.57. The first-order chi connectivity index (χ1) is 11.9. The van der Waals surface area contributed by atoms with E-state index in [1.807, 2.05) is 6.07 Å². The van der Waals surface area contributed by atoms with E-state index in [4.69, 9.17) is 9.84 Å². The second-order valence-electron chi connectivity index (χ2n) is 6.01. The van der Waals surface area contributed by atoms with Gasteiger partial charge in [0.2, 0.25) is 0 Å². The second kappa shape index (κ2) is 6.81. The van der Waals surface area contributed by atoms with Gasteiger partial charge in [-0.25, -0.2) is 4.79 Å². The molecule has 1 aliphatic rings. The Morgan fingerprint density at radius 2 is 2.00 bits per heavy atom. The van der Waals surface area contributed by atoms with E-state index in [9.17, 15) is 14.7 Å². The monoisotopic (exact) mass is 338 g/mol. The smallest absolute Gasteiger partial charge is 0.344 e. The molecule has 0 bridgehead atoms. The molecule has 2 aromatic carbocycles. The van der Waals surface area contributed by atoms with Crippen LogP contribution in [0.5, 0.6) is 11.5 Å². The largest absolute Gasteiger partial charge is 0.508 e. The zero-order valence-corrected chi connectivity index (χ0v) is 13.7. The third-order valence-electron chi connectivity index (χ3n) is 4.15. The number of Topliss-reactive ketones (excluding diaryl/α,β-unsaturated/α-hetero) is 1. The van der Waals surface area contributed by atoms with Crippen molar-refractivity contribution in [2.45, 2.75) is 25.9 Å². The molecule has 0 aliphatic heterocycles. The number of ether oxygens (including phenoxy) is 1. The van der Waals surface area contributed by atoms with E-state index in [0.29, 0.717) is 29.7 Å². The molecule has 0 saturated heterocycles. The van der Waals surface area contributed by atoms with Crippen molar-refractivity contribution in [2.24, 2.45) is 0 Å². The topological polar surface area (TPSA) is 83.8 Å². The van der Waals surface area contributed by atoms with Crippen LogP contribution in [0, 0.1) is 0 Å². The van der Waals surface area contributed by atoms with Crippen molar-refractivity contribution in [3.63, 3.8) is 0 Å². The van der Waals surface area contributed by atoms with Gasteiger partial charge in [0.1, 0.15) is 11.5 Å². The summed E-state index contributed by atoms with van der Waals surface area (Å²) in [5.74, 6) is -0.480. The molecule has 0 radical (unpaired) electrons. The number of hydrogen-bond donors (Lipinski definition) is 2. The van der Waals surface area contributed by atoms with Gasteiger partial charge in [0, 0.05) is 11.1 Å². The Morgan fingerprint density at radius 3 is 2.76 bits per heavy atom. The van der Waals surface area contributed by atoms with Crippen LogP contribution < -0.4 is 4.74 Å². The quantitative estimate of drug-likeness (QED) is 0.834. The van der Waals surface area contributed by atoms with Gasteiger partial charge in [-0.1, -0.05) is 12.1 Å². The summed E-state index contributed by atoms with van der Waals surface area (Å²) in [7, 11) is 0. The SMILES string of the molecule is CC(Oc1cccc(/C=C2/CCc3cc(O)ccc3C2=O)c1)C(=O)O. The van der Waals surface area contributed by atoms with Crippen molar-refractivity contribution in [1.29, 1.82) is 0 Å². The first-order valence-electron chi connectivity index (χ1n) is 8.01. The molecule has 0 saturated carbocycles.